The predicted molar refractivity (Wildman–Crippen MR) is 102 cm³/mol. The highest BCUT2D eigenvalue weighted by Gasteiger charge is 2.14. The summed E-state index contributed by atoms with van der Waals surface area (Å²) < 4.78 is 0. The van der Waals surface area contributed by atoms with E-state index in [9.17, 15) is 9.59 Å². The minimum absolute atomic E-state index is 0.0470. The van der Waals surface area contributed by atoms with Crippen LogP contribution in [0.4, 0.5) is 5.69 Å². The molecule has 0 fully saturated rings. The number of rotatable bonds is 5. The molecule has 0 aliphatic heterocycles. The van der Waals surface area contributed by atoms with Crippen LogP contribution in [-0.2, 0) is 16.8 Å². The molecule has 0 heterocycles. The van der Waals surface area contributed by atoms with Crippen LogP contribution in [0, 0.1) is 11.3 Å². The molecule has 5 nitrogen and oxygen atoms in total. The van der Waals surface area contributed by atoms with Crippen molar-refractivity contribution in [3.63, 3.8) is 0 Å². The Morgan fingerprint density at radius 2 is 1.77 bits per heavy atom. The second-order valence-electron chi connectivity index (χ2n) is 7.09. The average molecular weight is 349 g/mol. The van der Waals surface area contributed by atoms with Crippen molar-refractivity contribution >= 4 is 17.5 Å². The standard InChI is InChI=1S/C21H23N3O2/c1-21(2,3)17-9-7-16(8-10-17)20(26)23-14-15-5-4-6-18(13-15)24-19(25)11-12-22/h4-10,13H,11,14H2,1-3H3,(H,23,26)(H,24,25). The van der Waals surface area contributed by atoms with Gasteiger partial charge < -0.3 is 10.6 Å². The summed E-state index contributed by atoms with van der Waals surface area (Å²) in [6, 6.07) is 16.6. The molecule has 0 aromatic heterocycles. The van der Waals surface area contributed by atoms with Gasteiger partial charge in [0.15, 0.2) is 0 Å². The van der Waals surface area contributed by atoms with E-state index in [0.717, 1.165) is 5.56 Å². The Hall–Kier alpha value is -3.13. The van der Waals surface area contributed by atoms with Crippen molar-refractivity contribution in [2.75, 3.05) is 5.32 Å². The van der Waals surface area contributed by atoms with E-state index in [-0.39, 0.29) is 23.7 Å². The van der Waals surface area contributed by atoms with E-state index < -0.39 is 0 Å². The van der Waals surface area contributed by atoms with Gasteiger partial charge >= 0.3 is 0 Å². The number of hydrogen-bond acceptors (Lipinski definition) is 3. The first-order valence-electron chi connectivity index (χ1n) is 8.44. The van der Waals surface area contributed by atoms with Crippen LogP contribution >= 0.6 is 0 Å². The Labute approximate surface area is 154 Å². The van der Waals surface area contributed by atoms with E-state index in [1.54, 1.807) is 24.3 Å². The van der Waals surface area contributed by atoms with Gasteiger partial charge in [-0.05, 0) is 40.8 Å². The number of carbonyl (C=O) groups excluding carboxylic acids is 2. The molecule has 2 amide bonds. The van der Waals surface area contributed by atoms with E-state index >= 15 is 0 Å². The lowest BCUT2D eigenvalue weighted by molar-refractivity contribution is -0.115. The van der Waals surface area contributed by atoms with E-state index in [2.05, 4.69) is 31.4 Å². The second-order valence-corrected chi connectivity index (χ2v) is 7.09. The average Bonchev–Trinajstić information content (AvgIpc) is 2.59. The zero-order valence-electron chi connectivity index (χ0n) is 15.3. The Morgan fingerprint density at radius 1 is 1.08 bits per heavy atom. The van der Waals surface area contributed by atoms with Gasteiger partial charge in [0.1, 0.15) is 6.42 Å². The maximum atomic E-state index is 12.3. The van der Waals surface area contributed by atoms with Gasteiger partial charge in [0.2, 0.25) is 5.91 Å². The van der Waals surface area contributed by atoms with Crippen molar-refractivity contribution in [2.45, 2.75) is 39.2 Å². The van der Waals surface area contributed by atoms with Gasteiger partial charge in [-0.1, -0.05) is 45.0 Å². The molecule has 0 aliphatic carbocycles. The van der Waals surface area contributed by atoms with Crippen molar-refractivity contribution in [3.05, 3.63) is 65.2 Å². The summed E-state index contributed by atoms with van der Waals surface area (Å²) >= 11 is 0. The molecular weight excluding hydrogens is 326 g/mol. The lowest BCUT2D eigenvalue weighted by Gasteiger charge is -2.19. The van der Waals surface area contributed by atoms with Gasteiger partial charge in [-0.25, -0.2) is 0 Å². The number of amides is 2. The van der Waals surface area contributed by atoms with Crippen molar-refractivity contribution in [2.24, 2.45) is 0 Å². The van der Waals surface area contributed by atoms with E-state index in [1.807, 2.05) is 30.3 Å². The summed E-state index contributed by atoms with van der Waals surface area (Å²) in [5.74, 6) is -0.503. The summed E-state index contributed by atoms with van der Waals surface area (Å²) in [4.78, 5) is 23.8. The minimum Gasteiger partial charge on any atom is -0.348 e. The van der Waals surface area contributed by atoms with Crippen molar-refractivity contribution in [1.82, 2.24) is 5.32 Å². The quantitative estimate of drug-likeness (QED) is 0.862. The van der Waals surface area contributed by atoms with Gasteiger partial charge in [0.25, 0.3) is 5.91 Å². The van der Waals surface area contributed by atoms with Gasteiger partial charge in [0.05, 0.1) is 6.07 Å². The highest BCUT2D eigenvalue weighted by molar-refractivity contribution is 5.94. The smallest absolute Gasteiger partial charge is 0.251 e. The fourth-order valence-electron chi connectivity index (χ4n) is 2.44. The predicted octanol–water partition coefficient (Wildman–Crippen LogP) is 3.77. The Bertz CT molecular complexity index is 828. The number of nitrogens with zero attached hydrogens (tertiary/aromatic N) is 1. The van der Waals surface area contributed by atoms with Crippen LogP contribution in [-0.4, -0.2) is 11.8 Å². The summed E-state index contributed by atoms with van der Waals surface area (Å²) in [6.45, 7) is 6.74. The summed E-state index contributed by atoms with van der Waals surface area (Å²) in [5, 5.41) is 14.0. The fourth-order valence-corrected chi connectivity index (χ4v) is 2.44. The zero-order valence-corrected chi connectivity index (χ0v) is 15.3. The Balaban J connectivity index is 1.97. The third kappa shape index (κ3) is 5.45. The molecule has 2 aromatic rings. The number of nitriles is 1. The van der Waals surface area contributed by atoms with E-state index in [4.69, 9.17) is 5.26 Å². The molecule has 0 saturated carbocycles. The Morgan fingerprint density at radius 3 is 2.38 bits per heavy atom. The van der Waals surface area contributed by atoms with Crippen LogP contribution < -0.4 is 10.6 Å². The maximum Gasteiger partial charge on any atom is 0.251 e. The van der Waals surface area contributed by atoms with Crippen LogP contribution in [0.3, 0.4) is 0 Å². The maximum absolute atomic E-state index is 12.3. The number of nitrogens with one attached hydrogen (secondary N) is 2. The number of carbonyl (C=O) groups is 2. The van der Waals surface area contributed by atoms with E-state index in [0.29, 0.717) is 17.8 Å². The molecule has 0 radical (unpaired) electrons. The molecular formula is C21H23N3O2. The highest BCUT2D eigenvalue weighted by Crippen LogP contribution is 2.22. The first kappa shape index (κ1) is 19.2. The van der Waals surface area contributed by atoms with Crippen LogP contribution in [0.15, 0.2) is 48.5 Å². The molecule has 26 heavy (non-hydrogen) atoms. The molecule has 5 heteroatoms. The first-order valence-corrected chi connectivity index (χ1v) is 8.44. The van der Waals surface area contributed by atoms with Crippen LogP contribution in [0.2, 0.25) is 0 Å². The molecule has 0 unspecified atom stereocenters. The summed E-state index contributed by atoms with van der Waals surface area (Å²) in [5.41, 5.74) is 3.29. The molecule has 0 atom stereocenters. The van der Waals surface area contributed by atoms with Crippen LogP contribution in [0.5, 0.6) is 0 Å². The monoisotopic (exact) mass is 349 g/mol. The van der Waals surface area contributed by atoms with Gasteiger partial charge in [-0.2, -0.15) is 5.26 Å². The lowest BCUT2D eigenvalue weighted by atomic mass is 9.87. The molecule has 2 aromatic carbocycles. The van der Waals surface area contributed by atoms with Gasteiger partial charge in [0, 0.05) is 17.8 Å². The third-order valence-corrected chi connectivity index (χ3v) is 3.92. The first-order chi connectivity index (χ1) is 12.3. The third-order valence-electron chi connectivity index (χ3n) is 3.92. The van der Waals surface area contributed by atoms with Crippen LogP contribution in [0.25, 0.3) is 0 Å². The number of anilines is 1. The van der Waals surface area contributed by atoms with Crippen molar-refractivity contribution in [3.8, 4) is 6.07 Å². The fraction of sp³-hybridized carbons (Fsp3) is 0.286. The Kier molecular flexibility index (Phi) is 6.13. The van der Waals surface area contributed by atoms with Crippen LogP contribution in [0.1, 0.15) is 48.7 Å². The lowest BCUT2D eigenvalue weighted by Crippen LogP contribution is -2.23. The molecule has 0 spiro atoms. The summed E-state index contributed by atoms with van der Waals surface area (Å²) in [6.07, 6.45) is -0.189. The molecule has 2 rings (SSSR count). The molecule has 134 valence electrons. The number of benzene rings is 2. The van der Waals surface area contributed by atoms with Crippen molar-refractivity contribution < 1.29 is 9.59 Å². The largest absolute Gasteiger partial charge is 0.348 e. The minimum atomic E-state index is -0.354. The second kappa shape index (κ2) is 8.30. The summed E-state index contributed by atoms with van der Waals surface area (Å²) in [7, 11) is 0. The molecule has 0 aliphatic rings. The van der Waals surface area contributed by atoms with Crippen molar-refractivity contribution in [1.29, 1.82) is 5.26 Å². The topological polar surface area (TPSA) is 82.0 Å². The molecule has 0 bridgehead atoms. The molecule has 2 N–H and O–H groups in total. The van der Waals surface area contributed by atoms with Gasteiger partial charge in [-0.15, -0.1) is 0 Å². The zero-order chi connectivity index (χ0) is 19.2. The molecule has 0 saturated heterocycles. The number of hydrogen-bond donors (Lipinski definition) is 2. The highest BCUT2D eigenvalue weighted by atomic mass is 16.2. The van der Waals surface area contributed by atoms with E-state index in [1.165, 1.54) is 5.56 Å². The normalized spacial score (nSPS) is 10.7. The van der Waals surface area contributed by atoms with Gasteiger partial charge in [-0.3, -0.25) is 9.59 Å². The SMILES string of the molecule is CC(C)(C)c1ccc(C(=O)NCc2cccc(NC(=O)CC#N)c2)cc1.